The van der Waals surface area contributed by atoms with E-state index in [9.17, 15) is 22.8 Å². The third-order valence-electron chi connectivity index (χ3n) is 1.80. The number of tetrazole rings is 1. The minimum Gasteiger partial charge on any atom is -0.480 e. The number of carbonyl (C=O) groups excluding carboxylic acids is 1. The quantitative estimate of drug-likeness (QED) is 0.715. The molecule has 0 fully saturated rings. The highest BCUT2D eigenvalue weighted by Gasteiger charge is 2.41. The molecular formula is C7H8F3N5O3. The van der Waals surface area contributed by atoms with E-state index in [4.69, 9.17) is 5.11 Å². The molecule has 0 saturated heterocycles. The zero-order valence-electron chi connectivity index (χ0n) is 8.97. The summed E-state index contributed by atoms with van der Waals surface area (Å²) in [7, 11) is 1.40. The van der Waals surface area contributed by atoms with Crippen LogP contribution in [0.2, 0.25) is 0 Å². The van der Waals surface area contributed by atoms with Gasteiger partial charge < -0.3 is 10.4 Å². The van der Waals surface area contributed by atoms with Crippen LogP contribution >= 0.6 is 0 Å². The number of halogens is 3. The first-order chi connectivity index (χ1) is 8.20. The highest BCUT2D eigenvalue weighted by Crippen LogP contribution is 2.14. The Morgan fingerprint density at radius 3 is 2.50 bits per heavy atom. The molecule has 1 aromatic heterocycles. The van der Waals surface area contributed by atoms with E-state index in [0.717, 1.165) is 4.80 Å². The van der Waals surface area contributed by atoms with Gasteiger partial charge in [0, 0.05) is 6.42 Å². The lowest BCUT2D eigenvalue weighted by Crippen LogP contribution is -2.48. The van der Waals surface area contributed by atoms with Crippen molar-refractivity contribution < 1.29 is 27.9 Å². The van der Waals surface area contributed by atoms with Gasteiger partial charge in [-0.3, -0.25) is 4.79 Å². The van der Waals surface area contributed by atoms with Gasteiger partial charge in [-0.25, -0.2) is 4.79 Å². The van der Waals surface area contributed by atoms with Crippen molar-refractivity contribution in [3.63, 3.8) is 0 Å². The van der Waals surface area contributed by atoms with E-state index < -0.39 is 30.5 Å². The predicted octanol–water partition coefficient (Wildman–Crippen LogP) is -1.12. The Labute approximate surface area is 97.8 Å². The lowest BCUT2D eigenvalue weighted by Gasteiger charge is -2.13. The summed E-state index contributed by atoms with van der Waals surface area (Å²) in [5.41, 5.74) is 0. The van der Waals surface area contributed by atoms with Crippen LogP contribution in [0.25, 0.3) is 0 Å². The standard InChI is InChI=1S/C7H8F3N5O3/c1-15-13-4(12-14-15)2-3(5(16)17)11-6(18)7(8,9)10/h3H,2H2,1H3,(H,11,18)(H,16,17). The number of aliphatic carboxylic acids is 1. The third kappa shape index (κ3) is 3.68. The number of nitrogens with one attached hydrogen (secondary N) is 1. The number of carboxylic acids is 1. The van der Waals surface area contributed by atoms with Gasteiger partial charge in [-0.1, -0.05) is 0 Å². The fraction of sp³-hybridized carbons (Fsp3) is 0.571. The van der Waals surface area contributed by atoms with E-state index in [0.29, 0.717) is 0 Å². The summed E-state index contributed by atoms with van der Waals surface area (Å²) in [6, 6.07) is -1.77. The molecule has 0 saturated carbocycles. The predicted molar refractivity (Wildman–Crippen MR) is 48.1 cm³/mol. The Bertz CT molecular complexity index is 457. The number of aromatic nitrogens is 4. The van der Waals surface area contributed by atoms with E-state index >= 15 is 0 Å². The molecule has 2 N–H and O–H groups in total. The molecule has 18 heavy (non-hydrogen) atoms. The Hall–Kier alpha value is -2.20. The smallest absolute Gasteiger partial charge is 0.471 e. The molecule has 0 spiro atoms. The number of alkyl halides is 3. The normalized spacial score (nSPS) is 13.1. The van der Waals surface area contributed by atoms with Gasteiger partial charge in [-0.15, -0.1) is 10.2 Å². The Morgan fingerprint density at radius 1 is 1.50 bits per heavy atom. The van der Waals surface area contributed by atoms with Gasteiger partial charge in [0.15, 0.2) is 5.82 Å². The zero-order valence-corrected chi connectivity index (χ0v) is 8.97. The summed E-state index contributed by atoms with van der Waals surface area (Å²) < 4.78 is 35.9. The molecule has 1 atom stereocenters. The molecule has 8 nitrogen and oxygen atoms in total. The van der Waals surface area contributed by atoms with Crippen molar-refractivity contribution in [3.05, 3.63) is 5.82 Å². The van der Waals surface area contributed by atoms with Crippen LogP contribution in [0, 0.1) is 0 Å². The topological polar surface area (TPSA) is 110 Å². The number of hydrogen-bond acceptors (Lipinski definition) is 5. The van der Waals surface area contributed by atoms with Crippen LogP contribution in [-0.4, -0.2) is 49.4 Å². The average molecular weight is 267 g/mol. The summed E-state index contributed by atoms with van der Waals surface area (Å²) >= 11 is 0. The van der Waals surface area contributed by atoms with Crippen molar-refractivity contribution in [2.45, 2.75) is 18.6 Å². The van der Waals surface area contributed by atoms with Crippen molar-refractivity contribution in [1.82, 2.24) is 25.5 Å². The average Bonchev–Trinajstić information content (AvgIpc) is 2.61. The molecule has 0 bridgehead atoms. The summed E-state index contributed by atoms with van der Waals surface area (Å²) in [5.74, 6) is -4.05. The monoisotopic (exact) mass is 267 g/mol. The van der Waals surface area contributed by atoms with Crippen LogP contribution < -0.4 is 5.32 Å². The van der Waals surface area contributed by atoms with Crippen LogP contribution in [0.3, 0.4) is 0 Å². The number of rotatable bonds is 4. The van der Waals surface area contributed by atoms with Crippen LogP contribution in [-0.2, 0) is 23.1 Å². The highest BCUT2D eigenvalue weighted by atomic mass is 19.4. The van der Waals surface area contributed by atoms with Gasteiger partial charge in [-0.05, 0) is 5.21 Å². The van der Waals surface area contributed by atoms with Crippen LogP contribution in [0.1, 0.15) is 5.82 Å². The first-order valence-corrected chi connectivity index (χ1v) is 4.53. The van der Waals surface area contributed by atoms with Gasteiger partial charge in [0.25, 0.3) is 0 Å². The molecule has 1 aromatic rings. The Morgan fingerprint density at radius 2 is 2.11 bits per heavy atom. The number of nitrogens with zero attached hydrogens (tertiary/aromatic N) is 4. The van der Waals surface area contributed by atoms with E-state index in [1.54, 1.807) is 0 Å². The molecule has 1 rings (SSSR count). The Balaban J connectivity index is 2.73. The molecule has 0 radical (unpaired) electrons. The summed E-state index contributed by atoms with van der Waals surface area (Å²) in [6.07, 6.45) is -5.64. The lowest BCUT2D eigenvalue weighted by molar-refractivity contribution is -0.175. The van der Waals surface area contributed by atoms with Gasteiger partial charge >= 0.3 is 18.1 Å². The highest BCUT2D eigenvalue weighted by molar-refractivity contribution is 5.87. The van der Waals surface area contributed by atoms with Crippen LogP contribution in [0.4, 0.5) is 13.2 Å². The van der Waals surface area contributed by atoms with E-state index in [1.807, 2.05) is 0 Å². The minimum absolute atomic E-state index is 0.0904. The molecule has 1 heterocycles. The summed E-state index contributed by atoms with van der Waals surface area (Å²) in [6.45, 7) is 0. The largest absolute Gasteiger partial charge is 0.480 e. The molecule has 0 aromatic carbocycles. The van der Waals surface area contributed by atoms with Gasteiger partial charge in [-0.2, -0.15) is 18.0 Å². The first-order valence-electron chi connectivity index (χ1n) is 4.53. The molecule has 1 unspecified atom stereocenters. The second-order valence-corrected chi connectivity index (χ2v) is 3.26. The summed E-state index contributed by atoms with van der Waals surface area (Å²) in [5, 5.41) is 20.4. The molecular weight excluding hydrogens is 259 g/mol. The second kappa shape index (κ2) is 4.98. The molecule has 0 aliphatic carbocycles. The maximum atomic E-state index is 12.0. The van der Waals surface area contributed by atoms with Crippen molar-refractivity contribution in [1.29, 1.82) is 0 Å². The minimum atomic E-state index is -5.15. The number of amides is 1. The first kappa shape index (κ1) is 13.9. The SMILES string of the molecule is Cn1nnc(CC(NC(=O)C(F)(F)F)C(=O)O)n1. The van der Waals surface area contributed by atoms with E-state index in [2.05, 4.69) is 15.4 Å². The van der Waals surface area contributed by atoms with Gasteiger partial charge in [0.1, 0.15) is 6.04 Å². The number of carboxylic acid groups (broad SMARTS) is 1. The maximum Gasteiger partial charge on any atom is 0.471 e. The Kier molecular flexibility index (Phi) is 3.83. The van der Waals surface area contributed by atoms with E-state index in [-0.39, 0.29) is 5.82 Å². The molecule has 0 aliphatic rings. The van der Waals surface area contributed by atoms with Crippen molar-refractivity contribution in [2.75, 3.05) is 0 Å². The maximum absolute atomic E-state index is 12.0. The fourth-order valence-corrected chi connectivity index (χ4v) is 1.03. The van der Waals surface area contributed by atoms with Crippen molar-refractivity contribution >= 4 is 11.9 Å². The number of carbonyl (C=O) groups is 2. The van der Waals surface area contributed by atoms with Crippen molar-refractivity contribution in [2.24, 2.45) is 7.05 Å². The van der Waals surface area contributed by atoms with Gasteiger partial charge in [0.05, 0.1) is 7.05 Å². The van der Waals surface area contributed by atoms with Gasteiger partial charge in [0.2, 0.25) is 0 Å². The van der Waals surface area contributed by atoms with Crippen LogP contribution in [0.15, 0.2) is 0 Å². The van der Waals surface area contributed by atoms with E-state index in [1.165, 1.54) is 12.4 Å². The number of hydrogen-bond donors (Lipinski definition) is 2. The second-order valence-electron chi connectivity index (χ2n) is 3.26. The van der Waals surface area contributed by atoms with Crippen LogP contribution in [0.5, 0.6) is 0 Å². The van der Waals surface area contributed by atoms with Crippen molar-refractivity contribution in [3.8, 4) is 0 Å². The fourth-order valence-electron chi connectivity index (χ4n) is 1.03. The number of aryl methyl sites for hydroxylation is 1. The molecule has 1 amide bonds. The lowest BCUT2D eigenvalue weighted by atomic mass is 10.2. The molecule has 0 aliphatic heterocycles. The summed E-state index contributed by atoms with van der Waals surface area (Å²) in [4.78, 5) is 22.3. The zero-order chi connectivity index (χ0) is 13.9. The molecule has 100 valence electrons. The third-order valence-corrected chi connectivity index (χ3v) is 1.80. The molecule has 11 heteroatoms.